The number of nitrogens with zero attached hydrogens (tertiary/aromatic N) is 5. The van der Waals surface area contributed by atoms with Crippen LogP contribution in [0.4, 0.5) is 5.69 Å². The average Bonchev–Trinajstić information content (AvgIpc) is 3.40. The van der Waals surface area contributed by atoms with Crippen molar-refractivity contribution in [2.75, 3.05) is 44.7 Å². The first kappa shape index (κ1) is 28.4. The molecule has 3 aromatic rings. The number of halogens is 1. The van der Waals surface area contributed by atoms with Crippen molar-refractivity contribution < 1.29 is 9.59 Å². The topological polar surface area (TPSA) is 85.7 Å². The maximum Gasteiger partial charge on any atom is 0.256 e. The number of nitrogens with one attached hydrogen (secondary N) is 2. The Morgan fingerprint density at radius 2 is 1.73 bits per heavy atom. The highest BCUT2D eigenvalue weighted by atomic mass is 35.5. The number of hydrazine groups is 1. The zero-order valence-electron chi connectivity index (χ0n) is 22.4. The smallest absolute Gasteiger partial charge is 0.256 e. The summed E-state index contributed by atoms with van der Waals surface area (Å²) in [5.41, 5.74) is 6.27. The number of rotatable bonds is 10. The predicted molar refractivity (Wildman–Crippen MR) is 150 cm³/mol. The molecule has 2 amide bonds. The molecule has 0 saturated heterocycles. The Balaban J connectivity index is 0.00000380. The van der Waals surface area contributed by atoms with Gasteiger partial charge in [-0.05, 0) is 49.2 Å². The van der Waals surface area contributed by atoms with E-state index in [1.54, 1.807) is 5.01 Å². The Labute approximate surface area is 225 Å². The number of aryl methyl sites for hydroxylation is 3. The molecule has 0 radical (unpaired) electrons. The minimum atomic E-state index is -0.113. The maximum atomic E-state index is 13.5. The predicted octanol–water partition coefficient (Wildman–Crippen LogP) is 2.53. The van der Waals surface area contributed by atoms with Crippen LogP contribution in [0.2, 0.25) is 0 Å². The van der Waals surface area contributed by atoms with Crippen LogP contribution in [-0.4, -0.2) is 71.4 Å². The molecule has 0 bridgehead atoms. The summed E-state index contributed by atoms with van der Waals surface area (Å²) in [4.78, 5) is 28.2. The highest BCUT2D eigenvalue weighted by Crippen LogP contribution is 2.29. The van der Waals surface area contributed by atoms with Crippen LogP contribution in [0, 0.1) is 13.8 Å². The fourth-order valence-electron chi connectivity index (χ4n) is 4.79. The fourth-order valence-corrected chi connectivity index (χ4v) is 4.79. The van der Waals surface area contributed by atoms with Crippen LogP contribution in [0.25, 0.3) is 10.9 Å². The second kappa shape index (κ2) is 12.4. The molecular formula is C27H38ClN7O2. The molecule has 1 aliphatic rings. The van der Waals surface area contributed by atoms with E-state index in [2.05, 4.69) is 33.9 Å². The summed E-state index contributed by atoms with van der Waals surface area (Å²) < 4.78 is 1.84. The number of amides is 2. The molecule has 0 fully saturated rings. The van der Waals surface area contributed by atoms with Crippen LogP contribution in [-0.2, 0) is 29.7 Å². The lowest BCUT2D eigenvalue weighted by atomic mass is 10.1. The van der Waals surface area contributed by atoms with Gasteiger partial charge in [0.1, 0.15) is 0 Å². The summed E-state index contributed by atoms with van der Waals surface area (Å²) in [5, 5.41) is 15.5. The van der Waals surface area contributed by atoms with E-state index >= 15 is 0 Å². The van der Waals surface area contributed by atoms with Gasteiger partial charge in [0.05, 0.1) is 24.3 Å². The van der Waals surface area contributed by atoms with Crippen molar-refractivity contribution >= 4 is 40.8 Å². The van der Waals surface area contributed by atoms with Gasteiger partial charge >= 0.3 is 0 Å². The van der Waals surface area contributed by atoms with E-state index in [0.29, 0.717) is 26.2 Å². The molecule has 2 N–H and O–H groups in total. The van der Waals surface area contributed by atoms with E-state index < -0.39 is 0 Å². The number of hydrogen-bond donors (Lipinski definition) is 2. The minimum absolute atomic E-state index is 0. The van der Waals surface area contributed by atoms with Gasteiger partial charge in [-0.25, -0.2) is 5.01 Å². The minimum Gasteiger partial charge on any atom is -0.353 e. The van der Waals surface area contributed by atoms with E-state index in [0.717, 1.165) is 34.4 Å². The molecule has 4 rings (SSSR count). The van der Waals surface area contributed by atoms with E-state index in [9.17, 15) is 9.59 Å². The Hall–Kier alpha value is -3.14. The molecule has 0 unspecified atom stereocenters. The first-order valence-electron chi connectivity index (χ1n) is 12.5. The molecule has 200 valence electrons. The van der Waals surface area contributed by atoms with Crippen LogP contribution in [0.3, 0.4) is 0 Å². The number of aromatic nitrogens is 2. The highest BCUT2D eigenvalue weighted by molar-refractivity contribution is 5.91. The zero-order chi connectivity index (χ0) is 25.8. The normalized spacial score (nSPS) is 12.8. The van der Waals surface area contributed by atoms with Crippen LogP contribution < -0.4 is 15.5 Å². The molecule has 2 heterocycles. The third kappa shape index (κ3) is 6.41. The molecule has 1 aromatic heterocycles. The molecule has 9 nitrogen and oxygen atoms in total. The molecule has 0 saturated carbocycles. The highest BCUT2D eigenvalue weighted by Gasteiger charge is 2.27. The SMILES string of the molecule is CCNCCNC(=O)CN(CC(=O)N(C)N1Cc2ccccc2C1)c1cc2c(cc1C)c(C)nn2C.Cl. The van der Waals surface area contributed by atoms with Gasteiger partial charge in [0, 0.05) is 51.3 Å². The van der Waals surface area contributed by atoms with Crippen molar-refractivity contribution in [1.29, 1.82) is 0 Å². The van der Waals surface area contributed by atoms with Crippen molar-refractivity contribution in [2.24, 2.45) is 7.05 Å². The lowest BCUT2D eigenvalue weighted by molar-refractivity contribution is -0.145. The summed E-state index contributed by atoms with van der Waals surface area (Å²) in [6, 6.07) is 12.4. The lowest BCUT2D eigenvalue weighted by Gasteiger charge is -2.32. The van der Waals surface area contributed by atoms with Crippen LogP contribution in [0.5, 0.6) is 0 Å². The third-order valence-electron chi connectivity index (χ3n) is 6.84. The molecule has 0 aliphatic carbocycles. The van der Waals surface area contributed by atoms with Gasteiger partial charge in [0.15, 0.2) is 0 Å². The summed E-state index contributed by atoms with van der Waals surface area (Å²) in [5.74, 6) is -0.179. The van der Waals surface area contributed by atoms with Gasteiger partial charge in [0.25, 0.3) is 5.91 Å². The molecule has 37 heavy (non-hydrogen) atoms. The third-order valence-corrected chi connectivity index (χ3v) is 6.84. The zero-order valence-corrected chi connectivity index (χ0v) is 23.2. The van der Waals surface area contributed by atoms with E-state index in [-0.39, 0.29) is 37.3 Å². The quantitative estimate of drug-likeness (QED) is 0.394. The fraction of sp³-hybridized carbons (Fsp3) is 0.444. The number of hydrogen-bond acceptors (Lipinski definition) is 6. The standard InChI is InChI=1S/C27H37N7O2.ClH/c1-6-28-11-12-29-26(35)17-33(24-14-25-23(13-19(24)2)20(3)30-31(25)4)18-27(36)32(5)34-15-21-9-7-8-10-22(21)16-34;/h7-10,13-14,28H,6,11-12,15-18H2,1-5H3,(H,29,35);1H. The van der Waals surface area contributed by atoms with Crippen LogP contribution in [0.15, 0.2) is 36.4 Å². The van der Waals surface area contributed by atoms with Gasteiger partial charge in [0.2, 0.25) is 5.91 Å². The van der Waals surface area contributed by atoms with E-state index in [4.69, 9.17) is 0 Å². The largest absolute Gasteiger partial charge is 0.353 e. The number of carbonyl (C=O) groups is 2. The second-order valence-corrected chi connectivity index (χ2v) is 9.43. The lowest BCUT2D eigenvalue weighted by Crippen LogP contribution is -2.48. The number of fused-ring (bicyclic) bond motifs is 2. The number of anilines is 1. The molecule has 0 atom stereocenters. The second-order valence-electron chi connectivity index (χ2n) is 9.43. The number of benzene rings is 2. The summed E-state index contributed by atoms with van der Waals surface area (Å²) in [6.07, 6.45) is 0. The van der Waals surface area contributed by atoms with E-state index in [1.165, 1.54) is 11.1 Å². The van der Waals surface area contributed by atoms with Gasteiger partial charge in [-0.2, -0.15) is 5.10 Å². The van der Waals surface area contributed by atoms with Crippen LogP contribution >= 0.6 is 12.4 Å². The molecule has 1 aliphatic heterocycles. The van der Waals surface area contributed by atoms with Crippen molar-refractivity contribution in [3.8, 4) is 0 Å². The Morgan fingerprint density at radius 1 is 1.05 bits per heavy atom. The first-order valence-corrected chi connectivity index (χ1v) is 12.5. The number of likely N-dealkylation sites (N-methyl/N-ethyl adjacent to an activating group) is 2. The molecular weight excluding hydrogens is 490 g/mol. The molecule has 2 aromatic carbocycles. The van der Waals surface area contributed by atoms with Crippen molar-refractivity contribution in [3.05, 3.63) is 58.8 Å². The van der Waals surface area contributed by atoms with Crippen molar-refractivity contribution in [1.82, 2.24) is 30.4 Å². The Bertz CT molecular complexity index is 1230. The number of carbonyl (C=O) groups excluding carboxylic acids is 2. The monoisotopic (exact) mass is 527 g/mol. The summed E-state index contributed by atoms with van der Waals surface area (Å²) in [7, 11) is 3.72. The van der Waals surface area contributed by atoms with Crippen LogP contribution in [0.1, 0.15) is 29.3 Å². The molecule has 0 spiro atoms. The van der Waals surface area contributed by atoms with Crippen molar-refractivity contribution in [3.63, 3.8) is 0 Å². The summed E-state index contributed by atoms with van der Waals surface area (Å²) in [6.45, 7) is 9.72. The molecule has 10 heteroatoms. The first-order chi connectivity index (χ1) is 17.3. The maximum absolute atomic E-state index is 13.5. The van der Waals surface area contributed by atoms with Gasteiger partial charge < -0.3 is 15.5 Å². The Morgan fingerprint density at radius 3 is 2.38 bits per heavy atom. The van der Waals surface area contributed by atoms with Crippen molar-refractivity contribution in [2.45, 2.75) is 33.9 Å². The van der Waals surface area contributed by atoms with Gasteiger partial charge in [-0.1, -0.05) is 31.2 Å². The van der Waals surface area contributed by atoms with E-state index in [1.807, 2.05) is 67.7 Å². The Kier molecular flexibility index (Phi) is 9.53. The van der Waals surface area contributed by atoms with Gasteiger partial charge in [-0.15, -0.1) is 12.4 Å². The van der Waals surface area contributed by atoms with Gasteiger partial charge in [-0.3, -0.25) is 19.3 Å². The summed E-state index contributed by atoms with van der Waals surface area (Å²) >= 11 is 0. The average molecular weight is 528 g/mol.